The number of furan rings is 1. The second-order valence-corrected chi connectivity index (χ2v) is 5.97. The van der Waals surface area contributed by atoms with E-state index in [2.05, 4.69) is 23.7 Å². The Labute approximate surface area is 120 Å². The second kappa shape index (κ2) is 8.67. The average Bonchev–Trinajstić information content (AvgIpc) is 2.88. The van der Waals surface area contributed by atoms with Gasteiger partial charge < -0.3 is 14.5 Å². The molecule has 2 rings (SSSR count). The van der Waals surface area contributed by atoms with Crippen molar-refractivity contribution >= 4 is 11.8 Å². The van der Waals surface area contributed by atoms with Crippen LogP contribution in [-0.2, 0) is 17.0 Å². The zero-order valence-electron chi connectivity index (χ0n) is 11.8. The first kappa shape index (κ1) is 14.9. The lowest BCUT2D eigenvalue weighted by molar-refractivity contribution is 0.0301. The van der Waals surface area contributed by atoms with E-state index in [0.29, 0.717) is 6.10 Å². The van der Waals surface area contributed by atoms with Gasteiger partial charge in [-0.15, -0.1) is 0 Å². The van der Waals surface area contributed by atoms with Crippen LogP contribution in [0.4, 0.5) is 0 Å². The van der Waals surface area contributed by atoms with Gasteiger partial charge in [0.15, 0.2) is 0 Å². The Morgan fingerprint density at radius 1 is 1.26 bits per heavy atom. The summed E-state index contributed by atoms with van der Waals surface area (Å²) in [6, 6.07) is 4.12. The van der Waals surface area contributed by atoms with Crippen LogP contribution < -0.4 is 5.32 Å². The van der Waals surface area contributed by atoms with Crippen molar-refractivity contribution in [2.75, 3.05) is 19.4 Å². The third-order valence-corrected chi connectivity index (χ3v) is 4.06. The van der Waals surface area contributed by atoms with E-state index in [1.165, 1.54) is 32.1 Å². The summed E-state index contributed by atoms with van der Waals surface area (Å²) < 4.78 is 11.6. The molecule has 0 aromatic carbocycles. The molecule has 3 nitrogen and oxygen atoms in total. The molecule has 0 amide bonds. The number of ether oxygens (including phenoxy) is 1. The van der Waals surface area contributed by atoms with Gasteiger partial charge in [-0.1, -0.05) is 19.3 Å². The fourth-order valence-electron chi connectivity index (χ4n) is 2.48. The SMILES string of the molecule is CSCc1ccc(CNCCOC2CCCCC2)o1. The predicted molar refractivity (Wildman–Crippen MR) is 80.5 cm³/mol. The molecule has 1 aromatic heterocycles. The molecule has 0 spiro atoms. The maximum Gasteiger partial charge on any atom is 0.118 e. The zero-order valence-corrected chi connectivity index (χ0v) is 12.6. The molecule has 1 aliphatic carbocycles. The van der Waals surface area contributed by atoms with E-state index in [4.69, 9.17) is 9.15 Å². The minimum absolute atomic E-state index is 0.507. The van der Waals surface area contributed by atoms with E-state index < -0.39 is 0 Å². The number of nitrogens with one attached hydrogen (secondary N) is 1. The van der Waals surface area contributed by atoms with Crippen molar-refractivity contribution in [3.63, 3.8) is 0 Å². The Morgan fingerprint density at radius 2 is 2.05 bits per heavy atom. The summed E-state index contributed by atoms with van der Waals surface area (Å²) in [5.41, 5.74) is 0. The highest BCUT2D eigenvalue weighted by molar-refractivity contribution is 7.97. The summed E-state index contributed by atoms with van der Waals surface area (Å²) in [6.07, 6.45) is 9.14. The van der Waals surface area contributed by atoms with Crippen LogP contribution in [0.5, 0.6) is 0 Å². The van der Waals surface area contributed by atoms with Gasteiger partial charge in [-0.05, 0) is 31.2 Å². The Bertz CT molecular complexity index is 348. The summed E-state index contributed by atoms with van der Waals surface area (Å²) in [7, 11) is 0. The third kappa shape index (κ3) is 5.59. The molecule has 19 heavy (non-hydrogen) atoms. The van der Waals surface area contributed by atoms with Crippen molar-refractivity contribution in [3.05, 3.63) is 23.7 Å². The molecule has 1 fully saturated rings. The van der Waals surface area contributed by atoms with Gasteiger partial charge in [-0.2, -0.15) is 11.8 Å². The van der Waals surface area contributed by atoms with Gasteiger partial charge >= 0.3 is 0 Å². The molecule has 0 saturated heterocycles. The van der Waals surface area contributed by atoms with Crippen molar-refractivity contribution in [3.8, 4) is 0 Å². The maximum atomic E-state index is 5.87. The number of hydrogen-bond donors (Lipinski definition) is 1. The van der Waals surface area contributed by atoms with Gasteiger partial charge in [0.2, 0.25) is 0 Å². The summed E-state index contributed by atoms with van der Waals surface area (Å²) in [4.78, 5) is 0. The maximum absolute atomic E-state index is 5.87. The van der Waals surface area contributed by atoms with Crippen molar-refractivity contribution < 1.29 is 9.15 Å². The summed E-state index contributed by atoms with van der Waals surface area (Å²) in [6.45, 7) is 2.50. The van der Waals surface area contributed by atoms with Gasteiger partial charge in [-0.25, -0.2) is 0 Å². The van der Waals surface area contributed by atoms with Crippen molar-refractivity contribution in [2.24, 2.45) is 0 Å². The molecule has 0 unspecified atom stereocenters. The molecule has 0 atom stereocenters. The van der Waals surface area contributed by atoms with E-state index in [0.717, 1.165) is 37.0 Å². The lowest BCUT2D eigenvalue weighted by atomic mass is 9.98. The third-order valence-electron chi connectivity index (χ3n) is 3.49. The molecule has 1 N–H and O–H groups in total. The summed E-state index contributed by atoms with van der Waals surface area (Å²) in [5.74, 6) is 3.02. The molecule has 108 valence electrons. The van der Waals surface area contributed by atoms with E-state index in [1.807, 2.05) is 0 Å². The average molecular weight is 283 g/mol. The van der Waals surface area contributed by atoms with Gasteiger partial charge in [0.05, 0.1) is 25.0 Å². The molecule has 0 radical (unpaired) electrons. The van der Waals surface area contributed by atoms with Crippen LogP contribution in [0.2, 0.25) is 0 Å². The summed E-state index contributed by atoms with van der Waals surface area (Å²) in [5, 5.41) is 3.37. The minimum atomic E-state index is 0.507. The first-order valence-corrected chi connectivity index (χ1v) is 8.66. The van der Waals surface area contributed by atoms with Crippen LogP contribution in [0.25, 0.3) is 0 Å². The molecule has 1 aliphatic rings. The Kier molecular flexibility index (Phi) is 6.82. The quantitative estimate of drug-likeness (QED) is 0.740. The Morgan fingerprint density at radius 3 is 2.84 bits per heavy atom. The van der Waals surface area contributed by atoms with Crippen LogP contribution in [0, 0.1) is 0 Å². The van der Waals surface area contributed by atoms with Crippen LogP contribution >= 0.6 is 11.8 Å². The molecule has 1 saturated carbocycles. The minimum Gasteiger partial charge on any atom is -0.464 e. The highest BCUT2D eigenvalue weighted by Crippen LogP contribution is 2.19. The Balaban J connectivity index is 1.53. The fraction of sp³-hybridized carbons (Fsp3) is 0.733. The smallest absolute Gasteiger partial charge is 0.118 e. The van der Waals surface area contributed by atoms with Crippen LogP contribution in [0.1, 0.15) is 43.6 Å². The van der Waals surface area contributed by atoms with E-state index >= 15 is 0 Å². The molecule has 0 aliphatic heterocycles. The molecule has 0 bridgehead atoms. The van der Waals surface area contributed by atoms with Crippen LogP contribution in [0.15, 0.2) is 16.5 Å². The first-order chi connectivity index (χ1) is 9.38. The van der Waals surface area contributed by atoms with E-state index in [-0.39, 0.29) is 0 Å². The van der Waals surface area contributed by atoms with E-state index in [1.54, 1.807) is 11.8 Å². The van der Waals surface area contributed by atoms with Crippen molar-refractivity contribution in [2.45, 2.75) is 50.5 Å². The van der Waals surface area contributed by atoms with E-state index in [9.17, 15) is 0 Å². The van der Waals surface area contributed by atoms with Gasteiger partial charge in [0.25, 0.3) is 0 Å². The Hall–Kier alpha value is -0.450. The molecule has 1 heterocycles. The normalized spacial score (nSPS) is 16.9. The van der Waals surface area contributed by atoms with Gasteiger partial charge in [-0.3, -0.25) is 0 Å². The lowest BCUT2D eigenvalue weighted by Gasteiger charge is -2.21. The molecular formula is C15H25NO2S. The van der Waals surface area contributed by atoms with Crippen molar-refractivity contribution in [1.82, 2.24) is 5.32 Å². The second-order valence-electron chi connectivity index (χ2n) is 5.11. The lowest BCUT2D eigenvalue weighted by Crippen LogP contribution is -2.24. The monoisotopic (exact) mass is 283 g/mol. The molecule has 1 aromatic rings. The predicted octanol–water partition coefficient (Wildman–Crippen LogP) is 3.58. The highest BCUT2D eigenvalue weighted by Gasteiger charge is 2.12. The van der Waals surface area contributed by atoms with Crippen LogP contribution in [0.3, 0.4) is 0 Å². The summed E-state index contributed by atoms with van der Waals surface area (Å²) >= 11 is 1.78. The van der Waals surface area contributed by atoms with Gasteiger partial charge in [0.1, 0.15) is 11.5 Å². The standard InChI is InChI=1S/C15H25NO2S/c1-19-12-15-8-7-14(18-15)11-16-9-10-17-13-5-3-2-4-6-13/h7-8,13,16H,2-6,9-12H2,1H3. The number of rotatable bonds is 8. The number of thioether (sulfide) groups is 1. The number of hydrogen-bond acceptors (Lipinski definition) is 4. The molecular weight excluding hydrogens is 258 g/mol. The highest BCUT2D eigenvalue weighted by atomic mass is 32.2. The largest absolute Gasteiger partial charge is 0.464 e. The topological polar surface area (TPSA) is 34.4 Å². The van der Waals surface area contributed by atoms with Crippen LogP contribution in [-0.4, -0.2) is 25.5 Å². The fourth-order valence-corrected chi connectivity index (χ4v) is 2.92. The van der Waals surface area contributed by atoms with Gasteiger partial charge in [0, 0.05) is 6.54 Å². The zero-order chi connectivity index (χ0) is 13.3. The molecule has 4 heteroatoms. The van der Waals surface area contributed by atoms with Crippen molar-refractivity contribution in [1.29, 1.82) is 0 Å². The first-order valence-electron chi connectivity index (χ1n) is 7.27.